The highest BCUT2D eigenvalue weighted by atomic mass is 32.1. The van der Waals surface area contributed by atoms with E-state index >= 15 is 0 Å². The maximum atomic E-state index is 13.1. The second kappa shape index (κ2) is 11.0. The van der Waals surface area contributed by atoms with E-state index < -0.39 is 11.7 Å². The molecule has 2 aromatic carbocycles. The van der Waals surface area contributed by atoms with Crippen molar-refractivity contribution >= 4 is 28.2 Å². The van der Waals surface area contributed by atoms with E-state index in [-0.39, 0.29) is 11.8 Å². The van der Waals surface area contributed by atoms with Crippen molar-refractivity contribution in [1.29, 1.82) is 0 Å². The number of nitrogens with one attached hydrogen (secondary N) is 2. The number of aromatic nitrogens is 2. The highest BCUT2D eigenvalue weighted by molar-refractivity contribution is 7.14. The Hall–Kier alpha value is -3.98. The van der Waals surface area contributed by atoms with Gasteiger partial charge < -0.3 is 10.1 Å². The molecule has 0 bridgehead atoms. The molecule has 1 amide bonds. The molecule has 4 rings (SSSR count). The molecule has 2 heterocycles. The molecular formula is C26H25N3O5S. The molecule has 0 aliphatic heterocycles. The predicted molar refractivity (Wildman–Crippen MR) is 134 cm³/mol. The minimum atomic E-state index is -0.605. The van der Waals surface area contributed by atoms with Crippen LogP contribution in [0.25, 0.3) is 22.5 Å². The summed E-state index contributed by atoms with van der Waals surface area (Å²) in [7, 11) is 1.32. The van der Waals surface area contributed by atoms with Crippen molar-refractivity contribution in [3.63, 3.8) is 0 Å². The van der Waals surface area contributed by atoms with Crippen molar-refractivity contribution < 1.29 is 18.8 Å². The molecule has 35 heavy (non-hydrogen) atoms. The number of nitrogens with zero attached hydrogens (tertiary/aromatic N) is 1. The van der Waals surface area contributed by atoms with Gasteiger partial charge in [-0.2, -0.15) is 0 Å². The minimum absolute atomic E-state index is 0.121. The number of rotatable bonds is 9. The molecule has 0 aliphatic carbocycles. The summed E-state index contributed by atoms with van der Waals surface area (Å²) >= 11 is 1.30. The van der Waals surface area contributed by atoms with Gasteiger partial charge in [0.05, 0.1) is 12.7 Å². The van der Waals surface area contributed by atoms with Crippen LogP contribution in [0.15, 0.2) is 69.3 Å². The lowest BCUT2D eigenvalue weighted by Crippen LogP contribution is -2.25. The van der Waals surface area contributed by atoms with Crippen LogP contribution in [0, 0.1) is 5.92 Å². The largest absolute Gasteiger partial charge is 0.465 e. The Morgan fingerprint density at radius 2 is 1.86 bits per heavy atom. The Kier molecular flexibility index (Phi) is 7.57. The first kappa shape index (κ1) is 24.2. The van der Waals surface area contributed by atoms with Gasteiger partial charge in [-0.25, -0.2) is 9.59 Å². The van der Waals surface area contributed by atoms with Crippen molar-refractivity contribution in [3.05, 3.63) is 81.7 Å². The lowest BCUT2D eigenvalue weighted by Gasteiger charge is -2.17. The normalized spacial score (nSPS) is 11.7. The third kappa shape index (κ3) is 5.58. The number of amides is 1. The fourth-order valence-electron chi connectivity index (χ4n) is 3.96. The van der Waals surface area contributed by atoms with Crippen molar-refractivity contribution in [2.75, 3.05) is 12.4 Å². The summed E-state index contributed by atoms with van der Waals surface area (Å²) in [6, 6.07) is 17.2. The maximum absolute atomic E-state index is 13.1. The first-order chi connectivity index (χ1) is 17.0. The van der Waals surface area contributed by atoms with Crippen molar-refractivity contribution in [1.82, 2.24) is 10.1 Å². The standard InChI is InChI=1S/C26H25N3O5S/c1-3-6-18(23(30)28-24-21(13-14-35-24)25(31)33-2)15-16-9-11-17(12-10-16)19-7-4-5-8-20(19)22-27-26(32)34-29-22/h4-5,7-14,18H,3,6,15H2,1-2H3,(H,28,30)(H,27,29,32). The number of anilines is 1. The van der Waals surface area contributed by atoms with Crippen LogP contribution in [0.5, 0.6) is 0 Å². The van der Waals surface area contributed by atoms with Gasteiger partial charge in [-0.3, -0.25) is 14.3 Å². The molecule has 8 nitrogen and oxygen atoms in total. The number of H-pyrrole nitrogens is 1. The zero-order valence-electron chi connectivity index (χ0n) is 19.4. The second-order valence-electron chi connectivity index (χ2n) is 8.02. The van der Waals surface area contributed by atoms with E-state index in [2.05, 4.69) is 20.0 Å². The number of carbonyl (C=O) groups excluding carboxylic acids is 2. The number of hydrogen-bond acceptors (Lipinski definition) is 7. The third-order valence-electron chi connectivity index (χ3n) is 5.68. The molecule has 2 aromatic heterocycles. The molecule has 9 heteroatoms. The molecule has 0 aliphatic rings. The average molecular weight is 492 g/mol. The maximum Gasteiger partial charge on any atom is 0.439 e. The van der Waals surface area contributed by atoms with Gasteiger partial charge in [0, 0.05) is 11.5 Å². The second-order valence-corrected chi connectivity index (χ2v) is 8.94. The number of aromatic amines is 1. The number of carbonyl (C=O) groups is 2. The summed E-state index contributed by atoms with van der Waals surface area (Å²) in [5.41, 5.74) is 3.99. The van der Waals surface area contributed by atoms with Gasteiger partial charge in [0.25, 0.3) is 0 Å². The summed E-state index contributed by atoms with van der Waals surface area (Å²) in [5, 5.41) is 8.97. The number of esters is 1. The molecule has 1 atom stereocenters. The first-order valence-corrected chi connectivity index (χ1v) is 12.1. The molecule has 180 valence electrons. The number of benzene rings is 2. The minimum Gasteiger partial charge on any atom is -0.465 e. The number of methoxy groups -OCH3 is 1. The zero-order chi connectivity index (χ0) is 24.8. The monoisotopic (exact) mass is 491 g/mol. The van der Waals surface area contributed by atoms with E-state index in [1.54, 1.807) is 11.4 Å². The SMILES string of the molecule is CCCC(Cc1ccc(-c2ccccc2-c2noc(=O)[nH]2)cc1)C(=O)Nc1sccc1C(=O)OC. The van der Waals surface area contributed by atoms with Gasteiger partial charge in [0.15, 0.2) is 5.82 Å². The fraction of sp³-hybridized carbons (Fsp3) is 0.231. The van der Waals surface area contributed by atoms with E-state index in [4.69, 9.17) is 4.74 Å². The van der Waals surface area contributed by atoms with Crippen molar-refractivity contribution in [2.24, 2.45) is 5.92 Å². The quantitative estimate of drug-likeness (QED) is 0.313. The molecule has 0 fully saturated rings. The van der Waals surface area contributed by atoms with Gasteiger partial charge in [0.1, 0.15) is 5.00 Å². The summed E-state index contributed by atoms with van der Waals surface area (Å²) in [6.07, 6.45) is 2.14. The summed E-state index contributed by atoms with van der Waals surface area (Å²) in [6.45, 7) is 2.04. The molecule has 0 saturated carbocycles. The summed E-state index contributed by atoms with van der Waals surface area (Å²) in [4.78, 5) is 39.0. The average Bonchev–Trinajstić information content (AvgIpc) is 3.52. The van der Waals surface area contributed by atoms with Crippen LogP contribution >= 0.6 is 11.3 Å². The van der Waals surface area contributed by atoms with Crippen LogP contribution in [-0.4, -0.2) is 29.1 Å². The van der Waals surface area contributed by atoms with Crippen molar-refractivity contribution in [3.8, 4) is 22.5 Å². The molecule has 0 spiro atoms. The smallest absolute Gasteiger partial charge is 0.439 e. The Morgan fingerprint density at radius 1 is 1.11 bits per heavy atom. The zero-order valence-corrected chi connectivity index (χ0v) is 20.2. The highest BCUT2D eigenvalue weighted by Crippen LogP contribution is 2.31. The van der Waals surface area contributed by atoms with Gasteiger partial charge in [-0.15, -0.1) is 11.3 Å². The van der Waals surface area contributed by atoms with Crippen LogP contribution in [0.2, 0.25) is 0 Å². The lowest BCUT2D eigenvalue weighted by atomic mass is 9.92. The van der Waals surface area contributed by atoms with Crippen LogP contribution in [-0.2, 0) is 16.0 Å². The molecule has 2 N–H and O–H groups in total. The van der Waals surface area contributed by atoms with Crippen LogP contribution in [0.1, 0.15) is 35.7 Å². The Bertz CT molecular complexity index is 1370. The molecular weight excluding hydrogens is 466 g/mol. The Balaban J connectivity index is 1.51. The lowest BCUT2D eigenvalue weighted by molar-refractivity contribution is -0.120. The van der Waals surface area contributed by atoms with E-state index in [1.807, 2.05) is 55.5 Å². The predicted octanol–water partition coefficient (Wildman–Crippen LogP) is 5.14. The Morgan fingerprint density at radius 3 is 2.51 bits per heavy atom. The van der Waals surface area contributed by atoms with Gasteiger partial charge >= 0.3 is 11.7 Å². The van der Waals surface area contributed by atoms with E-state index in [1.165, 1.54) is 18.4 Å². The van der Waals surface area contributed by atoms with Gasteiger partial charge in [0.2, 0.25) is 5.91 Å². The fourth-order valence-corrected chi connectivity index (χ4v) is 4.74. The molecule has 1 unspecified atom stereocenters. The van der Waals surface area contributed by atoms with Crippen LogP contribution in [0.4, 0.5) is 5.00 Å². The topological polar surface area (TPSA) is 114 Å². The van der Waals surface area contributed by atoms with Crippen molar-refractivity contribution in [2.45, 2.75) is 26.2 Å². The number of hydrogen-bond donors (Lipinski definition) is 2. The molecule has 0 saturated heterocycles. The highest BCUT2D eigenvalue weighted by Gasteiger charge is 2.22. The van der Waals surface area contributed by atoms with Gasteiger partial charge in [-0.1, -0.05) is 67.0 Å². The van der Waals surface area contributed by atoms with E-state index in [0.29, 0.717) is 22.8 Å². The Labute approximate surface area is 205 Å². The van der Waals surface area contributed by atoms with Gasteiger partial charge in [-0.05, 0) is 41.0 Å². The first-order valence-electron chi connectivity index (χ1n) is 11.2. The number of thiophene rings is 1. The molecule has 4 aromatic rings. The third-order valence-corrected chi connectivity index (χ3v) is 6.51. The van der Waals surface area contributed by atoms with E-state index in [0.717, 1.165) is 35.1 Å². The van der Waals surface area contributed by atoms with Crippen LogP contribution < -0.4 is 11.1 Å². The summed E-state index contributed by atoms with van der Waals surface area (Å²) < 4.78 is 9.45. The van der Waals surface area contributed by atoms with E-state index in [9.17, 15) is 14.4 Å². The van der Waals surface area contributed by atoms with Crippen LogP contribution in [0.3, 0.4) is 0 Å². The number of ether oxygens (including phenoxy) is 1. The summed E-state index contributed by atoms with van der Waals surface area (Å²) in [5.74, 6) is -1.07. The molecule has 0 radical (unpaired) electrons.